The summed E-state index contributed by atoms with van der Waals surface area (Å²) in [5.41, 5.74) is 7.61. The second-order valence-electron chi connectivity index (χ2n) is 8.15. The van der Waals surface area contributed by atoms with E-state index in [9.17, 15) is 15.0 Å². The molecule has 2 rings (SSSR count). The highest BCUT2D eigenvalue weighted by molar-refractivity contribution is 5.86. The van der Waals surface area contributed by atoms with E-state index in [0.29, 0.717) is 6.42 Å². The number of hydrogen-bond donors (Lipinski definition) is 3. The number of carboxylic acid groups (broad SMARTS) is 1. The van der Waals surface area contributed by atoms with Crippen LogP contribution in [0.5, 0.6) is 0 Å². The first-order valence-electron chi connectivity index (χ1n) is 9.90. The minimum atomic E-state index is -1.35. The van der Waals surface area contributed by atoms with Crippen molar-refractivity contribution in [2.24, 2.45) is 23.5 Å². The highest BCUT2D eigenvalue weighted by Crippen LogP contribution is 2.35. The lowest BCUT2D eigenvalue weighted by molar-refractivity contribution is -0.189. The van der Waals surface area contributed by atoms with Crippen LogP contribution in [-0.2, 0) is 9.53 Å². The van der Waals surface area contributed by atoms with Crippen molar-refractivity contribution in [1.29, 1.82) is 0 Å². The fourth-order valence-corrected chi connectivity index (χ4v) is 3.79. The van der Waals surface area contributed by atoms with Gasteiger partial charge in [-0.3, -0.25) is 4.79 Å². The van der Waals surface area contributed by atoms with Crippen LogP contribution >= 0.6 is 0 Å². The number of carboxylic acids is 1. The predicted octanol–water partition coefficient (Wildman–Crippen LogP) is 3.95. The minimum Gasteiger partial charge on any atom is -0.481 e. The molecule has 0 aliphatic rings. The highest BCUT2D eigenvalue weighted by Gasteiger charge is 2.32. The van der Waals surface area contributed by atoms with Gasteiger partial charge in [-0.05, 0) is 48.4 Å². The number of hydrogen-bond acceptors (Lipinski definition) is 4. The molecule has 2 aromatic carbocycles. The van der Waals surface area contributed by atoms with Crippen LogP contribution < -0.4 is 5.73 Å². The lowest BCUT2D eigenvalue weighted by Gasteiger charge is -2.33. The van der Waals surface area contributed by atoms with Gasteiger partial charge in [0.25, 0.3) is 0 Å². The molecule has 0 saturated heterocycles. The Morgan fingerprint density at radius 1 is 1.24 bits per heavy atom. The van der Waals surface area contributed by atoms with Crippen LogP contribution in [0.25, 0.3) is 10.8 Å². The molecule has 0 radical (unpaired) electrons. The van der Waals surface area contributed by atoms with E-state index in [-0.39, 0.29) is 36.8 Å². The summed E-state index contributed by atoms with van der Waals surface area (Å²) in [5.74, 6) is -0.266. The average Bonchev–Trinajstić information content (AvgIpc) is 2.67. The number of fused-ring (bicyclic) bond motifs is 1. The molecule has 0 spiro atoms. The molecule has 156 valence electrons. The molecule has 4 N–H and O–H groups in total. The van der Waals surface area contributed by atoms with Gasteiger partial charge in [-0.1, -0.05) is 49.4 Å². The third kappa shape index (κ3) is 6.57. The molecule has 0 fully saturated rings. The summed E-state index contributed by atoms with van der Waals surface area (Å²) in [6.07, 6.45) is 6.12. The van der Waals surface area contributed by atoms with Crippen molar-refractivity contribution < 1.29 is 19.7 Å². The number of nitrogens with two attached hydrogens (primary N) is 1. The molecular formula is C24H31NO4. The summed E-state index contributed by atoms with van der Waals surface area (Å²) < 4.78 is 5.51. The van der Waals surface area contributed by atoms with Gasteiger partial charge < -0.3 is 20.7 Å². The van der Waals surface area contributed by atoms with E-state index < -0.39 is 11.8 Å². The van der Waals surface area contributed by atoms with E-state index in [1.165, 1.54) is 13.8 Å². The molecule has 2 aromatic rings. The first-order valence-corrected chi connectivity index (χ1v) is 9.90. The van der Waals surface area contributed by atoms with Crippen LogP contribution in [0.2, 0.25) is 0 Å². The molecule has 29 heavy (non-hydrogen) atoms. The number of ether oxygens (including phenoxy) is 1. The maximum atomic E-state index is 11.5. The number of aliphatic hydroxyl groups is 1. The van der Waals surface area contributed by atoms with E-state index in [1.807, 2.05) is 49.4 Å². The second-order valence-corrected chi connectivity index (χ2v) is 8.15. The summed E-state index contributed by atoms with van der Waals surface area (Å²) in [5, 5.41) is 21.5. The van der Waals surface area contributed by atoms with Crippen molar-refractivity contribution in [1.82, 2.24) is 0 Å². The Morgan fingerprint density at radius 2 is 1.90 bits per heavy atom. The molecule has 0 bridgehead atoms. The van der Waals surface area contributed by atoms with Crippen molar-refractivity contribution in [3.8, 4) is 12.3 Å². The maximum Gasteiger partial charge on any atom is 0.303 e. The largest absolute Gasteiger partial charge is 0.481 e. The average molecular weight is 398 g/mol. The predicted molar refractivity (Wildman–Crippen MR) is 115 cm³/mol. The topological polar surface area (TPSA) is 92.8 Å². The Kier molecular flexibility index (Phi) is 7.80. The Bertz CT molecular complexity index is 860. The number of rotatable bonds is 10. The Balaban J connectivity index is 2.32. The smallest absolute Gasteiger partial charge is 0.303 e. The minimum absolute atomic E-state index is 0.0920. The van der Waals surface area contributed by atoms with Gasteiger partial charge >= 0.3 is 5.97 Å². The first-order chi connectivity index (χ1) is 13.6. The summed E-state index contributed by atoms with van der Waals surface area (Å²) in [4.78, 5) is 11.5. The molecule has 0 aliphatic carbocycles. The van der Waals surface area contributed by atoms with Crippen LogP contribution in [0.15, 0.2) is 42.5 Å². The van der Waals surface area contributed by atoms with Gasteiger partial charge in [0, 0.05) is 12.0 Å². The SMILES string of the molecule is C#CC(C)C(C[C@@H](N)c1cccc2ccccc12)C(COC(C)(C)O)CC(=O)O. The van der Waals surface area contributed by atoms with Crippen molar-refractivity contribution >= 4 is 16.7 Å². The molecule has 0 saturated carbocycles. The van der Waals surface area contributed by atoms with Gasteiger partial charge in [0.2, 0.25) is 0 Å². The number of carbonyl (C=O) groups is 1. The highest BCUT2D eigenvalue weighted by atomic mass is 16.6. The van der Waals surface area contributed by atoms with Crippen LogP contribution in [-0.4, -0.2) is 28.6 Å². The molecule has 5 nitrogen and oxygen atoms in total. The Morgan fingerprint density at radius 3 is 2.52 bits per heavy atom. The van der Waals surface area contributed by atoms with Gasteiger partial charge in [0.05, 0.1) is 13.0 Å². The van der Waals surface area contributed by atoms with Gasteiger partial charge in [-0.25, -0.2) is 0 Å². The summed E-state index contributed by atoms with van der Waals surface area (Å²) in [6, 6.07) is 13.8. The molecular weight excluding hydrogens is 366 g/mol. The van der Waals surface area contributed by atoms with E-state index in [1.54, 1.807) is 0 Å². The van der Waals surface area contributed by atoms with E-state index in [0.717, 1.165) is 16.3 Å². The summed E-state index contributed by atoms with van der Waals surface area (Å²) in [6.45, 7) is 5.03. The second kappa shape index (κ2) is 9.89. The molecule has 4 atom stereocenters. The maximum absolute atomic E-state index is 11.5. The normalized spacial score (nSPS) is 16.0. The molecule has 3 unspecified atom stereocenters. The molecule has 5 heteroatoms. The lowest BCUT2D eigenvalue weighted by atomic mass is 9.76. The van der Waals surface area contributed by atoms with Gasteiger partial charge in [-0.2, -0.15) is 0 Å². The van der Waals surface area contributed by atoms with Crippen LogP contribution in [0.3, 0.4) is 0 Å². The third-order valence-corrected chi connectivity index (χ3v) is 5.35. The Hall–Kier alpha value is -2.39. The van der Waals surface area contributed by atoms with Crippen molar-refractivity contribution in [3.05, 3.63) is 48.0 Å². The fourth-order valence-electron chi connectivity index (χ4n) is 3.79. The standard InChI is InChI=1S/C24H31NO4/c1-5-16(2)21(18(13-23(26)27)15-29-24(3,4)28)14-22(25)20-12-8-10-17-9-6-7-11-19(17)20/h1,6-12,16,18,21-22,28H,13-15,25H2,2-4H3,(H,26,27)/t16?,18?,21?,22-/m1/s1. The van der Waals surface area contributed by atoms with Gasteiger partial charge in [-0.15, -0.1) is 12.3 Å². The van der Waals surface area contributed by atoms with Crippen LogP contribution in [0.1, 0.15) is 45.2 Å². The quantitative estimate of drug-likeness (QED) is 0.417. The fraction of sp³-hybridized carbons (Fsp3) is 0.458. The van der Waals surface area contributed by atoms with Crippen molar-refractivity contribution in [2.45, 2.75) is 45.4 Å². The Labute approximate surface area is 172 Å². The first kappa shape index (κ1) is 22.9. The van der Waals surface area contributed by atoms with Gasteiger partial charge in [0.1, 0.15) is 0 Å². The van der Waals surface area contributed by atoms with Crippen molar-refractivity contribution in [3.63, 3.8) is 0 Å². The zero-order valence-corrected chi connectivity index (χ0v) is 17.3. The third-order valence-electron chi connectivity index (χ3n) is 5.35. The monoisotopic (exact) mass is 397 g/mol. The summed E-state index contributed by atoms with van der Waals surface area (Å²) >= 11 is 0. The molecule has 0 aliphatic heterocycles. The van der Waals surface area contributed by atoms with Gasteiger partial charge in [0.15, 0.2) is 5.79 Å². The van der Waals surface area contributed by atoms with Crippen molar-refractivity contribution in [2.75, 3.05) is 6.61 Å². The molecule has 0 heterocycles. The number of aliphatic carboxylic acids is 1. The van der Waals surface area contributed by atoms with Crippen LogP contribution in [0, 0.1) is 30.1 Å². The van der Waals surface area contributed by atoms with E-state index >= 15 is 0 Å². The van der Waals surface area contributed by atoms with E-state index in [4.69, 9.17) is 16.9 Å². The summed E-state index contributed by atoms with van der Waals surface area (Å²) in [7, 11) is 0. The number of terminal acetylenes is 1. The zero-order chi connectivity index (χ0) is 21.6. The number of benzene rings is 2. The molecule has 0 amide bonds. The van der Waals surface area contributed by atoms with E-state index in [2.05, 4.69) is 5.92 Å². The van der Waals surface area contributed by atoms with Crippen LogP contribution in [0.4, 0.5) is 0 Å². The lowest BCUT2D eigenvalue weighted by Crippen LogP contribution is -2.34. The molecule has 0 aromatic heterocycles. The zero-order valence-electron chi connectivity index (χ0n) is 17.3.